The average Bonchev–Trinajstić information content (AvgIpc) is 3.73. The molecular weight excluding hydrogens is 798 g/mol. The van der Waals surface area contributed by atoms with Gasteiger partial charge in [-0.05, 0) is 73.3 Å². The third kappa shape index (κ3) is 8.07. The van der Waals surface area contributed by atoms with E-state index in [1.807, 2.05) is 5.20 Å². The predicted molar refractivity (Wildman–Crippen MR) is 208 cm³/mol. The van der Waals surface area contributed by atoms with E-state index < -0.39 is 61.2 Å². The number of thiol groups is 1. The molecule has 2 saturated heterocycles. The summed E-state index contributed by atoms with van der Waals surface area (Å²) in [5.74, 6) is 5.02. The van der Waals surface area contributed by atoms with Gasteiger partial charge in [-0.1, -0.05) is 18.3 Å². The van der Waals surface area contributed by atoms with Crippen LogP contribution < -0.4 is 31.5 Å². The number of carbonyl (C=O) groups is 1. The Morgan fingerprint density at radius 1 is 0.944 bits per heavy atom. The molecule has 0 bridgehead atoms. The number of rotatable bonds is 11. The van der Waals surface area contributed by atoms with Gasteiger partial charge in [0.25, 0.3) is 6.64 Å². The molecule has 0 aliphatic carbocycles. The number of aromatic hydroxyl groups is 2. The largest absolute Gasteiger partial charge is 0.508 e. The quantitative estimate of drug-likeness (QED) is 0.0258. The molecule has 4 aliphatic heterocycles. The van der Waals surface area contributed by atoms with Crippen molar-refractivity contribution in [2.75, 3.05) is 18.5 Å². The number of anilines is 1. The Balaban J connectivity index is 1.01. The van der Waals surface area contributed by atoms with Crippen LogP contribution in [0.3, 0.4) is 0 Å². The fourth-order valence-corrected chi connectivity index (χ4v) is 9.50. The lowest BCUT2D eigenvalue weighted by Gasteiger charge is -2.36. The van der Waals surface area contributed by atoms with E-state index in [0.717, 1.165) is 0 Å². The van der Waals surface area contributed by atoms with Gasteiger partial charge in [0.15, 0.2) is 10.7 Å². The summed E-state index contributed by atoms with van der Waals surface area (Å²) in [6.07, 6.45) is -0.819. The second kappa shape index (κ2) is 15.3. The molecule has 3 aromatic carbocycles. The van der Waals surface area contributed by atoms with Gasteiger partial charge in [0.1, 0.15) is 44.8 Å². The number of fused-ring (bicyclic) bond motifs is 6. The molecule has 8 unspecified atom stereocenters. The maximum Gasteiger partial charge on any atom is 0.340 e. The minimum atomic E-state index is -3.65. The van der Waals surface area contributed by atoms with Crippen molar-refractivity contribution < 1.29 is 52.5 Å². The van der Waals surface area contributed by atoms with Crippen molar-refractivity contribution in [3.8, 4) is 23.0 Å². The zero-order valence-corrected chi connectivity index (χ0v) is 32.3. The van der Waals surface area contributed by atoms with Gasteiger partial charge in [-0.3, -0.25) is 10.4 Å². The zero-order chi connectivity index (χ0) is 38.6. The highest BCUT2D eigenvalue weighted by molar-refractivity contribution is 8.45. The SMILES string of the molecule is [B]C1CC(NC(=S)Nc2ccc3c(c2)C(=O)OC32c3ccc(O)cc3Oc3cc(O)ccc32)C(COP(O)(=S)NC2CC([B])OC2COP(=O)(S)NN)O1. The van der Waals surface area contributed by atoms with Crippen molar-refractivity contribution in [1.82, 2.24) is 15.6 Å². The minimum absolute atomic E-state index is 0.0485. The first-order valence-electron chi connectivity index (χ1n) is 16.4. The number of benzene rings is 3. The number of phenolic OH excluding ortho intramolecular Hbond substituents is 2. The van der Waals surface area contributed by atoms with Crippen LogP contribution in [0.1, 0.15) is 39.9 Å². The van der Waals surface area contributed by atoms with Crippen molar-refractivity contribution in [2.24, 2.45) is 5.84 Å². The number of carbonyl (C=O) groups excluding carboxylic acids is 1. The molecular formula is C31H33B2N5O11P2S3. The summed E-state index contributed by atoms with van der Waals surface area (Å²) >= 11 is 14.8. The van der Waals surface area contributed by atoms with E-state index in [2.05, 4.69) is 28.0 Å². The molecule has 0 amide bonds. The first-order chi connectivity index (χ1) is 25.6. The van der Waals surface area contributed by atoms with E-state index in [9.17, 15) is 24.5 Å². The number of esters is 1. The molecule has 4 heterocycles. The van der Waals surface area contributed by atoms with Gasteiger partial charge in [-0.15, -0.1) is 0 Å². The molecule has 7 rings (SSSR count). The summed E-state index contributed by atoms with van der Waals surface area (Å²) in [7, 11) is 12.0. The topological polar surface area (TPSA) is 224 Å². The highest BCUT2D eigenvalue weighted by atomic mass is 32.7. The number of thiocarbonyl (C=S) groups is 1. The third-order valence-electron chi connectivity index (χ3n) is 9.24. The van der Waals surface area contributed by atoms with Crippen LogP contribution in [0.5, 0.6) is 23.0 Å². The number of nitrogens with two attached hydrogens (primary N) is 1. The van der Waals surface area contributed by atoms with Gasteiger partial charge in [0.05, 0.1) is 30.9 Å². The molecule has 0 aromatic heterocycles. The molecule has 9 N–H and O–H groups in total. The number of hydrazine groups is 1. The second-order valence-corrected chi connectivity index (χ2v) is 19.5. The number of hydrogen-bond acceptors (Lipinski definition) is 13. The zero-order valence-electron chi connectivity index (χ0n) is 28.0. The number of ether oxygens (including phenoxy) is 4. The normalized spacial score (nSPS) is 27.1. The first kappa shape index (κ1) is 39.5. The maximum atomic E-state index is 13.5. The third-order valence-corrected chi connectivity index (χ3v) is 12.8. The second-order valence-electron chi connectivity index (χ2n) is 12.9. The average molecular weight is 831 g/mol. The van der Waals surface area contributed by atoms with Gasteiger partial charge in [0.2, 0.25) is 0 Å². The number of phenols is 2. The highest BCUT2D eigenvalue weighted by Gasteiger charge is 2.54. The lowest BCUT2D eigenvalue weighted by Crippen LogP contribution is -2.44. The summed E-state index contributed by atoms with van der Waals surface area (Å²) in [5.41, 5.74) is 0.849. The van der Waals surface area contributed by atoms with Crippen molar-refractivity contribution in [2.45, 2.75) is 54.7 Å². The van der Waals surface area contributed by atoms with E-state index in [4.69, 9.17) is 73.6 Å². The van der Waals surface area contributed by atoms with Crippen LogP contribution in [0.2, 0.25) is 0 Å². The lowest BCUT2D eigenvalue weighted by atomic mass is 9.77. The van der Waals surface area contributed by atoms with Gasteiger partial charge >= 0.3 is 12.7 Å². The van der Waals surface area contributed by atoms with Gasteiger partial charge in [-0.2, -0.15) is 5.20 Å². The number of hydrogen-bond donors (Lipinski definition) is 9. The fraction of sp³-hybridized carbons (Fsp3) is 0.355. The summed E-state index contributed by atoms with van der Waals surface area (Å²) in [6, 6.07) is 11.7. The van der Waals surface area contributed by atoms with Gasteiger partial charge in [0, 0.05) is 52.6 Å². The molecule has 8 atom stereocenters. The van der Waals surface area contributed by atoms with Crippen LogP contribution >= 0.6 is 37.8 Å². The van der Waals surface area contributed by atoms with E-state index in [-0.39, 0.29) is 53.3 Å². The fourth-order valence-electron chi connectivity index (χ4n) is 6.90. The van der Waals surface area contributed by atoms with Crippen molar-refractivity contribution in [1.29, 1.82) is 0 Å². The number of nitrogens with one attached hydrogen (secondary N) is 4. The molecule has 3 aromatic rings. The summed E-state index contributed by atoms with van der Waals surface area (Å²) in [4.78, 5) is 24.5. The summed E-state index contributed by atoms with van der Waals surface area (Å²) in [5, 5.41) is 31.6. The Hall–Kier alpha value is -2.74. The smallest absolute Gasteiger partial charge is 0.340 e. The van der Waals surface area contributed by atoms with Gasteiger partial charge < -0.3 is 53.7 Å². The monoisotopic (exact) mass is 831 g/mol. The highest BCUT2D eigenvalue weighted by Crippen LogP contribution is 2.57. The Morgan fingerprint density at radius 3 is 2.15 bits per heavy atom. The van der Waals surface area contributed by atoms with E-state index >= 15 is 0 Å². The van der Waals surface area contributed by atoms with Crippen LogP contribution in [0.4, 0.5) is 5.69 Å². The maximum absolute atomic E-state index is 13.5. The molecule has 282 valence electrons. The Labute approximate surface area is 327 Å². The van der Waals surface area contributed by atoms with Crippen LogP contribution in [-0.4, -0.2) is 91.4 Å². The Kier molecular flexibility index (Phi) is 11.2. The summed E-state index contributed by atoms with van der Waals surface area (Å²) < 4.78 is 46.6. The molecule has 23 heteroatoms. The van der Waals surface area contributed by atoms with Crippen LogP contribution in [0.25, 0.3) is 0 Å². The Bertz CT molecular complexity index is 2040. The molecule has 4 radical (unpaired) electrons. The predicted octanol–water partition coefficient (Wildman–Crippen LogP) is 2.60. The molecule has 2 fully saturated rings. The van der Waals surface area contributed by atoms with E-state index in [1.165, 1.54) is 24.3 Å². The van der Waals surface area contributed by atoms with Crippen molar-refractivity contribution in [3.05, 3.63) is 76.9 Å². The molecule has 0 saturated carbocycles. The molecule has 54 heavy (non-hydrogen) atoms. The molecule has 1 spiro atoms. The lowest BCUT2D eigenvalue weighted by molar-refractivity contribution is 0.0224. The molecule has 4 aliphatic rings. The van der Waals surface area contributed by atoms with Crippen molar-refractivity contribution in [3.63, 3.8) is 0 Å². The van der Waals surface area contributed by atoms with Crippen LogP contribution in [0, 0.1) is 0 Å². The van der Waals surface area contributed by atoms with E-state index in [1.54, 1.807) is 30.3 Å². The minimum Gasteiger partial charge on any atom is -0.508 e. The molecule has 16 nitrogen and oxygen atoms in total. The van der Waals surface area contributed by atoms with Crippen LogP contribution in [0.15, 0.2) is 54.6 Å². The summed E-state index contributed by atoms with van der Waals surface area (Å²) in [6.45, 7) is -7.58. The van der Waals surface area contributed by atoms with Gasteiger partial charge in [-0.25, -0.2) is 9.88 Å². The van der Waals surface area contributed by atoms with Crippen LogP contribution in [-0.2, 0) is 45.2 Å². The first-order valence-corrected chi connectivity index (χ1v) is 22.2. The standard InChI is InChI=1S/C31H33B2N5O11P2S3/c32-27-10-21(25(47-27)12-44-50(42,53)37-22-11-28(33)48-26(22)13-45-51(43,54)38-34)36-30(52)35-14-1-4-18-17(7-14)29(41)49-31(18)19-5-2-15(39)8-23(19)46-24-9-16(40)3-6-20(24)31/h1-9,21-22,25-28,39-40H,10-13,34H2,(H2,35,36,52)(H2,37,42,53)(H2,38,43,54). The van der Waals surface area contributed by atoms with Crippen molar-refractivity contribution >= 4 is 82.1 Å². The van der Waals surface area contributed by atoms with E-state index in [0.29, 0.717) is 28.8 Å². The Morgan fingerprint density at radius 2 is 1.52 bits per heavy atom.